The van der Waals surface area contributed by atoms with Gasteiger partial charge in [0.2, 0.25) is 21.8 Å². The lowest BCUT2D eigenvalue weighted by atomic mass is 10.1. The first-order valence-electron chi connectivity index (χ1n) is 11.7. The van der Waals surface area contributed by atoms with Crippen LogP contribution in [0.3, 0.4) is 0 Å². The molecule has 0 radical (unpaired) electrons. The van der Waals surface area contributed by atoms with E-state index in [1.54, 1.807) is 31.2 Å². The smallest absolute Gasteiger partial charge is 0.242 e. The molecule has 0 aliphatic carbocycles. The number of nitrogens with zero attached hydrogens (tertiary/aromatic N) is 2. The van der Waals surface area contributed by atoms with E-state index in [1.165, 1.54) is 17.0 Å². The molecule has 7 nitrogen and oxygen atoms in total. The second-order valence-electron chi connectivity index (χ2n) is 8.75. The largest absolute Gasteiger partial charge is 0.352 e. The molecule has 2 amide bonds. The van der Waals surface area contributed by atoms with Crippen LogP contribution in [-0.2, 0) is 26.2 Å². The molecule has 2 aromatic rings. The van der Waals surface area contributed by atoms with Crippen molar-refractivity contribution in [2.75, 3.05) is 17.1 Å². The first kappa shape index (κ1) is 31.5. The molecule has 37 heavy (non-hydrogen) atoms. The van der Waals surface area contributed by atoms with Crippen LogP contribution in [-0.4, -0.2) is 50.0 Å². The van der Waals surface area contributed by atoms with E-state index in [0.29, 0.717) is 20.6 Å². The molecule has 0 unspecified atom stereocenters. The zero-order valence-corrected chi connectivity index (χ0v) is 24.9. The number of anilines is 1. The molecular formula is C25H31Cl4N3O4S. The molecule has 0 bridgehead atoms. The van der Waals surface area contributed by atoms with E-state index in [-0.39, 0.29) is 54.5 Å². The Kier molecular flexibility index (Phi) is 11.8. The number of hydrogen-bond donors (Lipinski definition) is 1. The molecule has 0 spiro atoms. The van der Waals surface area contributed by atoms with Gasteiger partial charge in [0.25, 0.3) is 0 Å². The van der Waals surface area contributed by atoms with E-state index in [9.17, 15) is 18.0 Å². The Balaban J connectivity index is 2.26. The average molecular weight is 611 g/mol. The van der Waals surface area contributed by atoms with Gasteiger partial charge in [-0.2, -0.15) is 0 Å². The van der Waals surface area contributed by atoms with Crippen molar-refractivity contribution in [2.45, 2.75) is 58.7 Å². The zero-order chi connectivity index (χ0) is 27.9. The number of hydrogen-bond acceptors (Lipinski definition) is 4. The summed E-state index contributed by atoms with van der Waals surface area (Å²) < 4.78 is 26.1. The Morgan fingerprint density at radius 2 is 1.62 bits per heavy atom. The Hall–Kier alpha value is -1.71. The third kappa shape index (κ3) is 8.93. The first-order valence-corrected chi connectivity index (χ1v) is 15.1. The number of amides is 2. The standard InChI is InChI=1S/C25H31Cl4N3O4S/c1-5-16(2)30-25(34)17(3)31(15-19-20(27)8-6-9-21(19)28)24(33)10-7-13-32(37(4,35)36)23-14-18(26)11-12-22(23)29/h6,8-9,11-12,14,16-17H,5,7,10,13,15H2,1-4H3,(H,30,34)/t16-,17-/m0/s1. The van der Waals surface area contributed by atoms with Gasteiger partial charge in [0.05, 0.1) is 17.0 Å². The molecule has 0 fully saturated rings. The highest BCUT2D eigenvalue weighted by Gasteiger charge is 2.28. The average Bonchev–Trinajstić information content (AvgIpc) is 2.82. The number of rotatable bonds is 12. The lowest BCUT2D eigenvalue weighted by Gasteiger charge is -2.30. The van der Waals surface area contributed by atoms with E-state index in [1.807, 2.05) is 13.8 Å². The lowest BCUT2D eigenvalue weighted by Crippen LogP contribution is -2.49. The predicted molar refractivity (Wildman–Crippen MR) is 152 cm³/mol. The summed E-state index contributed by atoms with van der Waals surface area (Å²) in [5, 5.41) is 4.18. The zero-order valence-electron chi connectivity index (χ0n) is 21.1. The van der Waals surface area contributed by atoms with E-state index in [2.05, 4.69) is 5.32 Å². The van der Waals surface area contributed by atoms with Crippen LogP contribution in [0.4, 0.5) is 5.69 Å². The fourth-order valence-corrected chi connectivity index (χ4v) is 5.48. The Bertz CT molecular complexity index is 1210. The second-order valence-corrected chi connectivity index (χ2v) is 12.3. The lowest BCUT2D eigenvalue weighted by molar-refractivity contribution is -0.140. The maximum atomic E-state index is 13.4. The van der Waals surface area contributed by atoms with Crippen molar-refractivity contribution in [1.29, 1.82) is 0 Å². The van der Waals surface area contributed by atoms with Gasteiger partial charge < -0.3 is 10.2 Å². The number of carbonyl (C=O) groups excluding carboxylic acids is 2. The van der Waals surface area contributed by atoms with Crippen molar-refractivity contribution in [1.82, 2.24) is 10.2 Å². The highest BCUT2D eigenvalue weighted by atomic mass is 35.5. The third-order valence-electron chi connectivity index (χ3n) is 5.89. The van der Waals surface area contributed by atoms with E-state index < -0.39 is 16.1 Å². The quantitative estimate of drug-likeness (QED) is 0.311. The van der Waals surface area contributed by atoms with Crippen molar-refractivity contribution >= 4 is 73.9 Å². The minimum atomic E-state index is -3.72. The molecule has 2 atom stereocenters. The van der Waals surface area contributed by atoms with Crippen LogP contribution in [0.5, 0.6) is 0 Å². The van der Waals surface area contributed by atoms with Crippen molar-refractivity contribution in [3.05, 3.63) is 62.1 Å². The fraction of sp³-hybridized carbons (Fsp3) is 0.440. The fourth-order valence-electron chi connectivity index (χ4n) is 3.56. The van der Waals surface area contributed by atoms with Crippen molar-refractivity contribution in [3.8, 4) is 0 Å². The van der Waals surface area contributed by atoms with Gasteiger partial charge in [-0.3, -0.25) is 13.9 Å². The van der Waals surface area contributed by atoms with Gasteiger partial charge in [0, 0.05) is 46.2 Å². The van der Waals surface area contributed by atoms with Crippen LogP contribution in [0.2, 0.25) is 20.1 Å². The van der Waals surface area contributed by atoms with E-state index >= 15 is 0 Å². The Morgan fingerprint density at radius 1 is 1.00 bits per heavy atom. The van der Waals surface area contributed by atoms with Crippen molar-refractivity contribution < 1.29 is 18.0 Å². The number of benzene rings is 2. The molecule has 1 N–H and O–H groups in total. The molecule has 2 rings (SSSR count). The van der Waals surface area contributed by atoms with Crippen LogP contribution in [0.15, 0.2) is 36.4 Å². The number of carbonyl (C=O) groups is 2. The van der Waals surface area contributed by atoms with Gasteiger partial charge in [-0.05, 0) is 57.0 Å². The molecule has 2 aromatic carbocycles. The highest BCUT2D eigenvalue weighted by Crippen LogP contribution is 2.31. The molecule has 0 aromatic heterocycles. The van der Waals surface area contributed by atoms with Crippen LogP contribution in [0, 0.1) is 0 Å². The summed E-state index contributed by atoms with van der Waals surface area (Å²) in [5.74, 6) is -0.664. The summed E-state index contributed by atoms with van der Waals surface area (Å²) in [6.45, 7) is 5.46. The monoisotopic (exact) mass is 609 g/mol. The minimum Gasteiger partial charge on any atom is -0.352 e. The summed E-state index contributed by atoms with van der Waals surface area (Å²) in [6, 6.07) is 8.65. The normalized spacial score (nSPS) is 13.1. The Labute approximate surface area is 239 Å². The molecule has 0 aliphatic rings. The third-order valence-corrected chi connectivity index (χ3v) is 8.33. The SMILES string of the molecule is CC[C@H](C)NC(=O)[C@H](C)N(Cc1c(Cl)cccc1Cl)C(=O)CCCN(c1cc(Cl)ccc1Cl)S(C)(=O)=O. The summed E-state index contributed by atoms with van der Waals surface area (Å²) in [7, 11) is -3.72. The van der Waals surface area contributed by atoms with E-state index in [0.717, 1.165) is 17.0 Å². The molecule has 12 heteroatoms. The maximum absolute atomic E-state index is 13.4. The van der Waals surface area contributed by atoms with Gasteiger partial charge in [-0.25, -0.2) is 8.42 Å². The van der Waals surface area contributed by atoms with Gasteiger partial charge in [0.15, 0.2) is 0 Å². The number of halogens is 4. The van der Waals surface area contributed by atoms with Gasteiger partial charge in [0.1, 0.15) is 6.04 Å². The maximum Gasteiger partial charge on any atom is 0.242 e. The first-order chi connectivity index (χ1) is 17.3. The number of nitrogens with one attached hydrogen (secondary N) is 1. The molecular weight excluding hydrogens is 580 g/mol. The van der Waals surface area contributed by atoms with Crippen molar-refractivity contribution in [2.24, 2.45) is 0 Å². The predicted octanol–water partition coefficient (Wildman–Crippen LogP) is 6.18. The van der Waals surface area contributed by atoms with Crippen LogP contribution in [0.25, 0.3) is 0 Å². The highest BCUT2D eigenvalue weighted by molar-refractivity contribution is 7.92. The molecule has 0 saturated carbocycles. The van der Waals surface area contributed by atoms with Crippen molar-refractivity contribution in [3.63, 3.8) is 0 Å². The van der Waals surface area contributed by atoms with Crippen LogP contribution in [0.1, 0.15) is 45.6 Å². The Morgan fingerprint density at radius 3 is 2.19 bits per heavy atom. The molecule has 0 heterocycles. The summed E-state index contributed by atoms with van der Waals surface area (Å²) in [6.07, 6.45) is 1.92. The summed E-state index contributed by atoms with van der Waals surface area (Å²) >= 11 is 25.0. The van der Waals surface area contributed by atoms with Crippen LogP contribution >= 0.6 is 46.4 Å². The minimum absolute atomic E-state index is 0.0151. The van der Waals surface area contributed by atoms with Gasteiger partial charge in [-0.15, -0.1) is 0 Å². The summed E-state index contributed by atoms with van der Waals surface area (Å²) in [4.78, 5) is 27.7. The van der Waals surface area contributed by atoms with E-state index in [4.69, 9.17) is 46.4 Å². The molecule has 0 aliphatic heterocycles. The van der Waals surface area contributed by atoms with Gasteiger partial charge >= 0.3 is 0 Å². The number of sulfonamides is 1. The topological polar surface area (TPSA) is 86.8 Å². The van der Waals surface area contributed by atoms with Gasteiger partial charge in [-0.1, -0.05) is 59.4 Å². The molecule has 0 saturated heterocycles. The molecule has 204 valence electrons. The van der Waals surface area contributed by atoms with Crippen LogP contribution < -0.4 is 9.62 Å². The second kappa shape index (κ2) is 13.9. The summed E-state index contributed by atoms with van der Waals surface area (Å²) in [5.41, 5.74) is 0.746.